The number of H-pyrrole nitrogens is 1. The smallest absolute Gasteiger partial charge is 0.0525 e. The van der Waals surface area contributed by atoms with E-state index in [0.29, 0.717) is 0 Å². The third kappa shape index (κ3) is 1.37. The van der Waals surface area contributed by atoms with E-state index in [9.17, 15) is 0 Å². The number of aromatic amines is 1. The third-order valence-corrected chi connectivity index (χ3v) is 1.71. The SMILES string of the molecule is Cn1cc(Cc2ccn[nH]2)cn1. The van der Waals surface area contributed by atoms with Gasteiger partial charge in [0.05, 0.1) is 6.20 Å². The monoisotopic (exact) mass is 162 g/mol. The molecule has 0 aromatic carbocycles. The number of aromatic nitrogens is 4. The summed E-state index contributed by atoms with van der Waals surface area (Å²) >= 11 is 0. The zero-order valence-electron chi connectivity index (χ0n) is 6.86. The summed E-state index contributed by atoms with van der Waals surface area (Å²) < 4.78 is 1.80. The second-order valence-electron chi connectivity index (χ2n) is 2.78. The molecule has 2 rings (SSSR count). The van der Waals surface area contributed by atoms with Gasteiger partial charge < -0.3 is 0 Å². The molecule has 0 saturated heterocycles. The summed E-state index contributed by atoms with van der Waals surface area (Å²) in [6, 6.07) is 1.97. The lowest BCUT2D eigenvalue weighted by Crippen LogP contribution is -1.87. The number of hydrogen-bond acceptors (Lipinski definition) is 2. The second kappa shape index (κ2) is 2.81. The van der Waals surface area contributed by atoms with Gasteiger partial charge in [-0.25, -0.2) is 0 Å². The highest BCUT2D eigenvalue weighted by Gasteiger charge is 1.98. The summed E-state index contributed by atoms with van der Waals surface area (Å²) in [4.78, 5) is 0. The van der Waals surface area contributed by atoms with Crippen LogP contribution in [0.3, 0.4) is 0 Å². The maximum atomic E-state index is 4.08. The zero-order valence-corrected chi connectivity index (χ0v) is 6.86. The lowest BCUT2D eigenvalue weighted by molar-refractivity contribution is 0.767. The Morgan fingerprint density at radius 3 is 3.08 bits per heavy atom. The van der Waals surface area contributed by atoms with Crippen molar-refractivity contribution in [2.45, 2.75) is 6.42 Å². The molecule has 0 amide bonds. The van der Waals surface area contributed by atoms with Gasteiger partial charge in [-0.2, -0.15) is 10.2 Å². The first-order chi connectivity index (χ1) is 5.84. The van der Waals surface area contributed by atoms with Crippen LogP contribution in [0.5, 0.6) is 0 Å². The molecule has 2 aromatic rings. The van der Waals surface area contributed by atoms with Gasteiger partial charge in [0.1, 0.15) is 0 Å². The van der Waals surface area contributed by atoms with E-state index in [1.165, 1.54) is 5.56 Å². The van der Waals surface area contributed by atoms with Gasteiger partial charge in [0.2, 0.25) is 0 Å². The van der Waals surface area contributed by atoms with Crippen LogP contribution < -0.4 is 0 Å². The fraction of sp³-hybridized carbons (Fsp3) is 0.250. The molecule has 0 spiro atoms. The molecule has 0 unspecified atom stereocenters. The Hall–Kier alpha value is -1.58. The van der Waals surface area contributed by atoms with Crippen molar-refractivity contribution in [3.63, 3.8) is 0 Å². The predicted octanol–water partition coefficient (Wildman–Crippen LogP) is 0.734. The molecular formula is C8H10N4. The number of nitrogens with one attached hydrogen (secondary N) is 1. The molecule has 12 heavy (non-hydrogen) atoms. The van der Waals surface area contributed by atoms with Crippen LogP contribution in [0, 0.1) is 0 Å². The minimum absolute atomic E-state index is 0.869. The van der Waals surface area contributed by atoms with E-state index in [0.717, 1.165) is 12.1 Å². The molecule has 2 heterocycles. The molecule has 4 nitrogen and oxygen atoms in total. The van der Waals surface area contributed by atoms with E-state index in [1.807, 2.05) is 25.5 Å². The molecule has 0 aliphatic carbocycles. The Morgan fingerprint density at radius 1 is 1.58 bits per heavy atom. The van der Waals surface area contributed by atoms with E-state index in [2.05, 4.69) is 15.3 Å². The van der Waals surface area contributed by atoms with Crippen LogP contribution in [0.4, 0.5) is 0 Å². The topological polar surface area (TPSA) is 46.5 Å². The van der Waals surface area contributed by atoms with E-state index in [-0.39, 0.29) is 0 Å². The van der Waals surface area contributed by atoms with Crippen LogP contribution in [0.25, 0.3) is 0 Å². The highest BCUT2D eigenvalue weighted by molar-refractivity contribution is 5.14. The predicted molar refractivity (Wildman–Crippen MR) is 44.6 cm³/mol. The highest BCUT2D eigenvalue weighted by Crippen LogP contribution is 2.03. The van der Waals surface area contributed by atoms with E-state index in [1.54, 1.807) is 10.9 Å². The summed E-state index contributed by atoms with van der Waals surface area (Å²) in [7, 11) is 1.91. The van der Waals surface area contributed by atoms with Gasteiger partial charge in [-0.1, -0.05) is 0 Å². The summed E-state index contributed by atoms with van der Waals surface area (Å²) in [5.41, 5.74) is 2.31. The summed E-state index contributed by atoms with van der Waals surface area (Å²) in [6.45, 7) is 0. The number of nitrogens with zero attached hydrogens (tertiary/aromatic N) is 3. The van der Waals surface area contributed by atoms with Gasteiger partial charge in [-0.05, 0) is 11.6 Å². The van der Waals surface area contributed by atoms with Gasteiger partial charge in [-0.15, -0.1) is 0 Å². The van der Waals surface area contributed by atoms with Crippen molar-refractivity contribution < 1.29 is 0 Å². The van der Waals surface area contributed by atoms with Crippen molar-refractivity contribution in [2.75, 3.05) is 0 Å². The van der Waals surface area contributed by atoms with Crippen molar-refractivity contribution in [2.24, 2.45) is 7.05 Å². The standard InChI is InChI=1S/C8H10N4/c1-12-6-7(5-10-12)4-8-2-3-9-11-8/h2-3,5-6H,4H2,1H3,(H,9,11). The molecule has 0 aliphatic rings. The van der Waals surface area contributed by atoms with Crippen LogP contribution in [0.1, 0.15) is 11.3 Å². The molecular weight excluding hydrogens is 152 g/mol. The Balaban J connectivity index is 2.14. The Labute approximate surface area is 70.2 Å². The van der Waals surface area contributed by atoms with Gasteiger partial charge in [0, 0.05) is 31.6 Å². The van der Waals surface area contributed by atoms with E-state index < -0.39 is 0 Å². The molecule has 0 saturated carbocycles. The Bertz CT molecular complexity index is 347. The molecule has 4 heteroatoms. The molecule has 2 aromatic heterocycles. The molecule has 0 bridgehead atoms. The first kappa shape index (κ1) is 7.09. The maximum Gasteiger partial charge on any atom is 0.0525 e. The van der Waals surface area contributed by atoms with Crippen LogP contribution in [-0.2, 0) is 13.5 Å². The summed E-state index contributed by atoms with van der Waals surface area (Å²) in [5, 5.41) is 10.9. The lowest BCUT2D eigenvalue weighted by Gasteiger charge is -1.90. The first-order valence-electron chi connectivity index (χ1n) is 3.80. The van der Waals surface area contributed by atoms with Crippen molar-refractivity contribution in [3.8, 4) is 0 Å². The van der Waals surface area contributed by atoms with Crippen LogP contribution >= 0.6 is 0 Å². The van der Waals surface area contributed by atoms with E-state index >= 15 is 0 Å². The quantitative estimate of drug-likeness (QED) is 0.707. The minimum Gasteiger partial charge on any atom is -0.282 e. The van der Waals surface area contributed by atoms with Crippen molar-refractivity contribution in [3.05, 3.63) is 35.9 Å². The van der Waals surface area contributed by atoms with Crippen LogP contribution in [0.15, 0.2) is 24.7 Å². The third-order valence-electron chi connectivity index (χ3n) is 1.71. The average Bonchev–Trinajstić information content (AvgIpc) is 2.63. The Kier molecular flexibility index (Phi) is 1.66. The zero-order chi connectivity index (χ0) is 8.39. The molecule has 0 atom stereocenters. The normalized spacial score (nSPS) is 10.4. The van der Waals surface area contributed by atoms with Gasteiger partial charge in [0.15, 0.2) is 0 Å². The fourth-order valence-electron chi connectivity index (χ4n) is 1.17. The van der Waals surface area contributed by atoms with Gasteiger partial charge in [0.25, 0.3) is 0 Å². The Morgan fingerprint density at radius 2 is 2.50 bits per heavy atom. The molecule has 62 valence electrons. The largest absolute Gasteiger partial charge is 0.282 e. The highest BCUT2D eigenvalue weighted by atomic mass is 15.2. The van der Waals surface area contributed by atoms with Crippen molar-refractivity contribution in [1.29, 1.82) is 0 Å². The van der Waals surface area contributed by atoms with E-state index in [4.69, 9.17) is 0 Å². The number of aryl methyl sites for hydroxylation is 1. The first-order valence-corrected chi connectivity index (χ1v) is 3.80. The second-order valence-corrected chi connectivity index (χ2v) is 2.78. The maximum absolute atomic E-state index is 4.08. The molecule has 0 fully saturated rings. The lowest BCUT2D eigenvalue weighted by atomic mass is 10.2. The molecule has 0 radical (unpaired) electrons. The van der Waals surface area contributed by atoms with Crippen molar-refractivity contribution in [1.82, 2.24) is 20.0 Å². The van der Waals surface area contributed by atoms with Crippen molar-refractivity contribution >= 4 is 0 Å². The average molecular weight is 162 g/mol. The van der Waals surface area contributed by atoms with Crippen LogP contribution in [0.2, 0.25) is 0 Å². The fourth-order valence-corrected chi connectivity index (χ4v) is 1.17. The molecule has 1 N–H and O–H groups in total. The summed E-state index contributed by atoms with van der Waals surface area (Å²) in [6.07, 6.45) is 6.49. The number of rotatable bonds is 2. The summed E-state index contributed by atoms with van der Waals surface area (Å²) in [5.74, 6) is 0. The molecule has 0 aliphatic heterocycles. The van der Waals surface area contributed by atoms with Gasteiger partial charge >= 0.3 is 0 Å². The number of hydrogen-bond donors (Lipinski definition) is 1. The van der Waals surface area contributed by atoms with Crippen LogP contribution in [-0.4, -0.2) is 20.0 Å². The van der Waals surface area contributed by atoms with Gasteiger partial charge in [-0.3, -0.25) is 9.78 Å². The minimum atomic E-state index is 0.869.